The number of hydrogen-bond donors (Lipinski definition) is 3. The maximum atomic E-state index is 9.47. The number of anilines is 3. The highest BCUT2D eigenvalue weighted by Gasteiger charge is 2.19. The number of nitriles is 3. The predicted molar refractivity (Wildman–Crippen MR) is 84.6 cm³/mol. The molecule has 1 aromatic rings. The molecule has 1 aromatic heterocycles. The molecule has 132 valence electrons. The quantitative estimate of drug-likeness (QED) is 0.316. The van der Waals surface area contributed by atoms with Gasteiger partial charge in [-0.1, -0.05) is 0 Å². The van der Waals surface area contributed by atoms with E-state index in [9.17, 15) is 15.3 Å². The molecule has 0 aliphatic rings. The Labute approximate surface area is 144 Å². The van der Waals surface area contributed by atoms with Crippen molar-refractivity contribution in [2.75, 3.05) is 54.5 Å². The average Bonchev–Trinajstić information content (AvgIpc) is 2.64. The minimum absolute atomic E-state index is 0.0227. The second-order valence-corrected chi connectivity index (χ2v) is 4.54. The van der Waals surface area contributed by atoms with Crippen molar-refractivity contribution in [3.05, 3.63) is 0 Å². The summed E-state index contributed by atoms with van der Waals surface area (Å²) in [7, 11) is 0. The second kappa shape index (κ2) is 10.5. The lowest BCUT2D eigenvalue weighted by molar-refractivity contribution is 0.286. The molecule has 0 atom stereocenters. The fourth-order valence-corrected chi connectivity index (χ4v) is 1.73. The van der Waals surface area contributed by atoms with E-state index in [0.29, 0.717) is 0 Å². The van der Waals surface area contributed by atoms with Crippen molar-refractivity contribution in [2.45, 2.75) is 6.42 Å². The molecule has 12 heteroatoms. The lowest BCUT2D eigenvalue weighted by Crippen LogP contribution is -2.33. The Bertz CT molecular complexity index is 637. The van der Waals surface area contributed by atoms with Gasteiger partial charge in [0.25, 0.3) is 0 Å². The van der Waals surface area contributed by atoms with Crippen LogP contribution in [0.4, 0.5) is 17.8 Å². The van der Waals surface area contributed by atoms with Gasteiger partial charge in [-0.05, 0) is 0 Å². The molecule has 25 heavy (non-hydrogen) atoms. The molecule has 0 saturated carbocycles. The summed E-state index contributed by atoms with van der Waals surface area (Å²) in [6.45, 7) is -1.89. The van der Waals surface area contributed by atoms with E-state index >= 15 is 0 Å². The van der Waals surface area contributed by atoms with E-state index in [1.54, 1.807) is 0 Å². The van der Waals surface area contributed by atoms with Crippen molar-refractivity contribution in [3.63, 3.8) is 0 Å². The van der Waals surface area contributed by atoms with Gasteiger partial charge in [0.05, 0.1) is 24.6 Å². The molecule has 1 rings (SSSR count). The monoisotopic (exact) mass is 347 g/mol. The zero-order valence-corrected chi connectivity index (χ0v) is 13.3. The Morgan fingerprint density at radius 3 is 1.40 bits per heavy atom. The van der Waals surface area contributed by atoms with E-state index in [4.69, 9.17) is 15.8 Å². The molecule has 1 heterocycles. The van der Waals surface area contributed by atoms with Gasteiger partial charge in [0, 0.05) is 6.54 Å². The SMILES string of the molecule is N#CCCN(CO)c1nc(N(CO)CC#N)nc(N(CO)CC#N)n1. The lowest BCUT2D eigenvalue weighted by Gasteiger charge is -2.24. The summed E-state index contributed by atoms with van der Waals surface area (Å²) in [5, 5.41) is 54.6. The Balaban J connectivity index is 3.37. The number of aliphatic hydroxyl groups excluding tert-OH is 3. The van der Waals surface area contributed by atoms with Crippen LogP contribution in [0, 0.1) is 34.0 Å². The van der Waals surface area contributed by atoms with Crippen molar-refractivity contribution < 1.29 is 15.3 Å². The van der Waals surface area contributed by atoms with Crippen LogP contribution >= 0.6 is 0 Å². The largest absolute Gasteiger partial charge is 0.376 e. The minimum Gasteiger partial charge on any atom is -0.376 e. The second-order valence-electron chi connectivity index (χ2n) is 4.54. The van der Waals surface area contributed by atoms with Gasteiger partial charge in [-0.3, -0.25) is 0 Å². The van der Waals surface area contributed by atoms with Crippen LogP contribution in [-0.2, 0) is 0 Å². The van der Waals surface area contributed by atoms with Gasteiger partial charge in [0.1, 0.15) is 33.3 Å². The van der Waals surface area contributed by atoms with Crippen LogP contribution in [0.3, 0.4) is 0 Å². The van der Waals surface area contributed by atoms with Gasteiger partial charge in [0.2, 0.25) is 17.8 Å². The normalized spacial score (nSPS) is 9.60. The van der Waals surface area contributed by atoms with Gasteiger partial charge in [-0.2, -0.15) is 30.7 Å². The zero-order valence-electron chi connectivity index (χ0n) is 13.3. The first-order valence-corrected chi connectivity index (χ1v) is 7.09. The van der Waals surface area contributed by atoms with Crippen molar-refractivity contribution in [2.24, 2.45) is 0 Å². The van der Waals surface area contributed by atoms with Gasteiger partial charge < -0.3 is 30.0 Å². The molecule has 0 spiro atoms. The minimum atomic E-state index is -0.550. The highest BCUT2D eigenvalue weighted by molar-refractivity contribution is 5.47. The summed E-state index contributed by atoms with van der Waals surface area (Å²) in [4.78, 5) is 15.8. The Morgan fingerprint density at radius 2 is 1.08 bits per heavy atom. The lowest BCUT2D eigenvalue weighted by atomic mass is 10.4. The number of aliphatic hydroxyl groups is 3. The van der Waals surface area contributed by atoms with Crippen molar-refractivity contribution in [1.82, 2.24) is 15.0 Å². The average molecular weight is 347 g/mol. The highest BCUT2D eigenvalue weighted by atomic mass is 16.3. The van der Waals surface area contributed by atoms with Crippen molar-refractivity contribution in [1.29, 1.82) is 15.8 Å². The Kier molecular flexibility index (Phi) is 8.33. The topological polar surface area (TPSA) is 180 Å². The molecule has 0 saturated heterocycles. The van der Waals surface area contributed by atoms with Crippen LogP contribution in [0.1, 0.15) is 6.42 Å². The summed E-state index contributed by atoms with van der Waals surface area (Å²) in [5.41, 5.74) is 0. The van der Waals surface area contributed by atoms with E-state index in [-0.39, 0.29) is 43.9 Å². The third kappa shape index (κ3) is 5.41. The maximum absolute atomic E-state index is 9.47. The van der Waals surface area contributed by atoms with Crippen molar-refractivity contribution in [3.8, 4) is 18.2 Å². The first-order valence-electron chi connectivity index (χ1n) is 7.09. The Morgan fingerprint density at radius 1 is 0.680 bits per heavy atom. The predicted octanol–water partition coefficient (Wildman–Crippen LogP) is -1.90. The van der Waals surface area contributed by atoms with E-state index in [2.05, 4.69) is 15.0 Å². The molecule has 12 nitrogen and oxygen atoms in total. The van der Waals surface area contributed by atoms with Gasteiger partial charge in [0.15, 0.2) is 0 Å². The van der Waals surface area contributed by atoms with Crippen LogP contribution in [0.2, 0.25) is 0 Å². The summed E-state index contributed by atoms with van der Waals surface area (Å²) in [5.74, 6) is -0.169. The molecule has 0 aromatic carbocycles. The van der Waals surface area contributed by atoms with Gasteiger partial charge in [-0.25, -0.2) is 0 Å². The van der Waals surface area contributed by atoms with E-state index in [1.165, 1.54) is 4.90 Å². The fourth-order valence-electron chi connectivity index (χ4n) is 1.73. The number of rotatable bonds is 10. The molecule has 0 radical (unpaired) electrons. The van der Waals surface area contributed by atoms with Crippen LogP contribution < -0.4 is 14.7 Å². The summed E-state index contributed by atoms with van der Waals surface area (Å²) < 4.78 is 0. The summed E-state index contributed by atoms with van der Waals surface area (Å²) in [6, 6.07) is 5.62. The molecule has 0 unspecified atom stereocenters. The smallest absolute Gasteiger partial charge is 0.234 e. The first-order chi connectivity index (χ1) is 12.1. The molecule has 3 N–H and O–H groups in total. The van der Waals surface area contributed by atoms with E-state index < -0.39 is 20.2 Å². The molecular formula is C13H17N9O3. The molecule has 0 aliphatic heterocycles. The third-order valence-electron chi connectivity index (χ3n) is 2.98. The highest BCUT2D eigenvalue weighted by Crippen LogP contribution is 2.18. The van der Waals surface area contributed by atoms with Crippen LogP contribution in [-0.4, -0.2) is 70.1 Å². The van der Waals surface area contributed by atoms with Crippen molar-refractivity contribution >= 4 is 17.8 Å². The molecular weight excluding hydrogens is 330 g/mol. The molecule has 0 aliphatic carbocycles. The zero-order chi connectivity index (χ0) is 18.7. The van der Waals surface area contributed by atoms with E-state index in [1.807, 2.05) is 18.2 Å². The standard InChI is InChI=1S/C13H17N9O3/c14-2-1-5-20(8-23)11-17-12(21(9-24)6-3-15)19-13(18-11)22(10-25)7-4-16/h23-25H,1,5-10H2. The van der Waals surface area contributed by atoms with Crippen LogP contribution in [0.5, 0.6) is 0 Å². The van der Waals surface area contributed by atoms with E-state index in [0.717, 1.165) is 9.80 Å². The number of aromatic nitrogens is 3. The molecule has 0 amide bonds. The molecule has 0 bridgehead atoms. The molecule has 0 fully saturated rings. The van der Waals surface area contributed by atoms with Gasteiger partial charge in [-0.15, -0.1) is 0 Å². The summed E-state index contributed by atoms with van der Waals surface area (Å²) >= 11 is 0. The van der Waals surface area contributed by atoms with Gasteiger partial charge >= 0.3 is 0 Å². The third-order valence-corrected chi connectivity index (χ3v) is 2.98. The maximum Gasteiger partial charge on any atom is 0.234 e. The first kappa shape index (κ1) is 19.8. The number of hydrogen-bond acceptors (Lipinski definition) is 12. The Hall–Kier alpha value is -3.24. The number of nitrogens with zero attached hydrogens (tertiary/aromatic N) is 9. The summed E-state index contributed by atoms with van der Waals surface area (Å²) in [6.07, 6.45) is 0.0979. The fraction of sp³-hybridized carbons (Fsp3) is 0.538. The van der Waals surface area contributed by atoms with Crippen LogP contribution in [0.25, 0.3) is 0 Å². The van der Waals surface area contributed by atoms with Crippen LogP contribution in [0.15, 0.2) is 0 Å².